The topological polar surface area (TPSA) is 98.6 Å². The highest BCUT2D eigenvalue weighted by Crippen LogP contribution is 2.14. The Bertz CT molecular complexity index is 525. The lowest BCUT2D eigenvalue weighted by molar-refractivity contribution is 0.324. The van der Waals surface area contributed by atoms with Crippen molar-refractivity contribution < 1.29 is 0 Å². The number of rotatable bonds is 7. The van der Waals surface area contributed by atoms with Gasteiger partial charge < -0.3 is 10.6 Å². The third kappa shape index (κ3) is 3.87. The Morgan fingerprint density at radius 2 is 2.05 bits per heavy atom. The average molecular weight is 294 g/mol. The molecule has 0 aliphatic carbocycles. The van der Waals surface area contributed by atoms with Gasteiger partial charge in [-0.3, -0.25) is 0 Å². The molecule has 2 N–H and O–H groups in total. The fourth-order valence-corrected chi connectivity index (χ4v) is 2.48. The number of aromatic nitrogens is 6. The zero-order chi connectivity index (χ0) is 14.4. The van der Waals surface area contributed by atoms with Crippen LogP contribution in [0, 0.1) is 0 Å². The maximum Gasteiger partial charge on any atom is 0.257 e. The van der Waals surface area contributed by atoms with E-state index in [0.717, 1.165) is 25.4 Å². The molecule has 20 heavy (non-hydrogen) atoms. The Morgan fingerprint density at radius 3 is 2.70 bits per heavy atom. The molecular weight excluding hydrogens is 276 g/mol. The second kappa shape index (κ2) is 7.15. The van der Waals surface area contributed by atoms with E-state index in [2.05, 4.69) is 43.8 Å². The first-order valence-electron chi connectivity index (χ1n) is 6.44. The molecule has 2 aromatic heterocycles. The van der Waals surface area contributed by atoms with Crippen LogP contribution < -0.4 is 5.73 Å². The zero-order valence-electron chi connectivity index (χ0n) is 11.6. The summed E-state index contributed by atoms with van der Waals surface area (Å²) in [6.45, 7) is 7.37. The van der Waals surface area contributed by atoms with E-state index in [1.165, 1.54) is 17.3 Å². The lowest BCUT2D eigenvalue weighted by Gasteiger charge is -2.16. The molecule has 0 spiro atoms. The van der Waals surface area contributed by atoms with Crippen molar-refractivity contribution in [1.29, 1.82) is 0 Å². The summed E-state index contributed by atoms with van der Waals surface area (Å²) >= 11 is 1.56. The fourth-order valence-electron chi connectivity index (χ4n) is 1.65. The summed E-state index contributed by atoms with van der Waals surface area (Å²) in [6, 6.07) is 0. The van der Waals surface area contributed by atoms with Gasteiger partial charge in [0.25, 0.3) is 5.95 Å². The van der Waals surface area contributed by atoms with Gasteiger partial charge in [-0.15, -0.1) is 0 Å². The maximum atomic E-state index is 5.70. The summed E-state index contributed by atoms with van der Waals surface area (Å²) in [6.07, 6.45) is 2.95. The molecule has 2 rings (SSSR count). The van der Waals surface area contributed by atoms with Crippen LogP contribution in [0.15, 0.2) is 17.8 Å². The van der Waals surface area contributed by atoms with Crippen LogP contribution in [0.4, 0.5) is 5.95 Å². The molecule has 108 valence electrons. The SMILES string of the molecule is CCN(CC)CCSc1nc(N)nc(-n2cncn2)n1. The number of nitrogen functional groups attached to an aromatic ring is 1. The molecule has 0 atom stereocenters. The largest absolute Gasteiger partial charge is 0.368 e. The Hall–Kier alpha value is -1.74. The molecule has 0 saturated carbocycles. The molecule has 0 saturated heterocycles. The van der Waals surface area contributed by atoms with E-state index < -0.39 is 0 Å². The van der Waals surface area contributed by atoms with Gasteiger partial charge >= 0.3 is 0 Å². The minimum absolute atomic E-state index is 0.191. The van der Waals surface area contributed by atoms with E-state index in [4.69, 9.17) is 5.73 Å². The standard InChI is InChI=1S/C11H18N8S/c1-3-18(4-2)5-6-20-11-16-9(12)15-10(17-11)19-8-13-7-14-19/h7-8H,3-6H2,1-2H3,(H2,12,15,16,17). The quantitative estimate of drug-likeness (QED) is 0.736. The maximum absolute atomic E-state index is 5.70. The number of nitrogens with two attached hydrogens (primary N) is 1. The van der Waals surface area contributed by atoms with Crippen LogP contribution in [0.1, 0.15) is 13.8 Å². The van der Waals surface area contributed by atoms with Crippen LogP contribution in [0.2, 0.25) is 0 Å². The number of hydrogen-bond donors (Lipinski definition) is 1. The molecule has 0 aromatic carbocycles. The third-order valence-corrected chi connectivity index (χ3v) is 3.60. The van der Waals surface area contributed by atoms with E-state index in [1.807, 2.05) is 0 Å². The number of anilines is 1. The third-order valence-electron chi connectivity index (χ3n) is 2.78. The van der Waals surface area contributed by atoms with Gasteiger partial charge in [0.05, 0.1) is 0 Å². The smallest absolute Gasteiger partial charge is 0.257 e. The van der Waals surface area contributed by atoms with Gasteiger partial charge in [-0.2, -0.15) is 24.7 Å². The molecule has 2 heterocycles. The molecule has 2 aromatic rings. The van der Waals surface area contributed by atoms with Gasteiger partial charge in [0.2, 0.25) is 5.95 Å². The van der Waals surface area contributed by atoms with Crippen LogP contribution >= 0.6 is 11.8 Å². The minimum atomic E-state index is 0.191. The van der Waals surface area contributed by atoms with Gasteiger partial charge in [0.1, 0.15) is 12.7 Å². The highest BCUT2D eigenvalue weighted by molar-refractivity contribution is 7.99. The molecule has 0 radical (unpaired) electrons. The minimum Gasteiger partial charge on any atom is -0.368 e. The predicted octanol–water partition coefficient (Wildman–Crippen LogP) is 0.468. The summed E-state index contributed by atoms with van der Waals surface area (Å²) in [4.78, 5) is 18.7. The van der Waals surface area contributed by atoms with Gasteiger partial charge in [-0.1, -0.05) is 25.6 Å². The number of thioether (sulfide) groups is 1. The van der Waals surface area contributed by atoms with Crippen molar-refractivity contribution >= 4 is 17.7 Å². The van der Waals surface area contributed by atoms with Crippen LogP contribution in [-0.2, 0) is 0 Å². The van der Waals surface area contributed by atoms with Crippen molar-refractivity contribution in [2.75, 3.05) is 31.1 Å². The monoisotopic (exact) mass is 294 g/mol. The highest BCUT2D eigenvalue weighted by atomic mass is 32.2. The molecule has 0 aliphatic heterocycles. The molecule has 0 amide bonds. The normalized spacial score (nSPS) is 11.2. The second-order valence-corrected chi connectivity index (χ2v) is 5.05. The van der Waals surface area contributed by atoms with Crippen LogP contribution in [0.3, 0.4) is 0 Å². The fraction of sp³-hybridized carbons (Fsp3) is 0.545. The van der Waals surface area contributed by atoms with Crippen LogP contribution in [-0.4, -0.2) is 60.0 Å². The van der Waals surface area contributed by atoms with Gasteiger partial charge in [0.15, 0.2) is 5.16 Å². The summed E-state index contributed by atoms with van der Waals surface area (Å²) in [7, 11) is 0. The van der Waals surface area contributed by atoms with E-state index >= 15 is 0 Å². The number of hydrogen-bond acceptors (Lipinski definition) is 8. The van der Waals surface area contributed by atoms with E-state index in [-0.39, 0.29) is 5.95 Å². The lowest BCUT2D eigenvalue weighted by atomic mass is 10.5. The summed E-state index contributed by atoms with van der Waals surface area (Å²) in [5, 5.41) is 4.59. The summed E-state index contributed by atoms with van der Waals surface area (Å²) in [5.74, 6) is 1.48. The molecule has 8 nitrogen and oxygen atoms in total. The summed E-state index contributed by atoms with van der Waals surface area (Å²) in [5.41, 5.74) is 5.70. The van der Waals surface area contributed by atoms with E-state index in [0.29, 0.717) is 11.1 Å². The van der Waals surface area contributed by atoms with Crippen molar-refractivity contribution in [3.63, 3.8) is 0 Å². The highest BCUT2D eigenvalue weighted by Gasteiger charge is 2.08. The molecule has 0 fully saturated rings. The van der Waals surface area contributed by atoms with E-state index in [9.17, 15) is 0 Å². The van der Waals surface area contributed by atoms with Gasteiger partial charge in [-0.05, 0) is 13.1 Å². The Balaban J connectivity index is 2.02. The number of nitrogens with zero attached hydrogens (tertiary/aromatic N) is 7. The zero-order valence-corrected chi connectivity index (χ0v) is 12.4. The Kier molecular flexibility index (Phi) is 5.24. The molecule has 0 unspecified atom stereocenters. The first-order chi connectivity index (χ1) is 9.72. The van der Waals surface area contributed by atoms with Crippen LogP contribution in [0.25, 0.3) is 5.95 Å². The average Bonchev–Trinajstić information content (AvgIpc) is 2.97. The predicted molar refractivity (Wildman–Crippen MR) is 77.7 cm³/mol. The van der Waals surface area contributed by atoms with Crippen molar-refractivity contribution in [2.45, 2.75) is 19.0 Å². The molecule has 0 bridgehead atoms. The Labute approximate surface area is 121 Å². The van der Waals surface area contributed by atoms with Crippen LogP contribution in [0.5, 0.6) is 0 Å². The van der Waals surface area contributed by atoms with Gasteiger partial charge in [-0.25, -0.2) is 4.98 Å². The molecule has 0 aliphatic rings. The summed E-state index contributed by atoms with van der Waals surface area (Å²) < 4.78 is 1.46. The molecule has 9 heteroatoms. The van der Waals surface area contributed by atoms with Crippen molar-refractivity contribution in [3.05, 3.63) is 12.7 Å². The van der Waals surface area contributed by atoms with Gasteiger partial charge in [0, 0.05) is 12.3 Å². The van der Waals surface area contributed by atoms with Crippen molar-refractivity contribution in [2.24, 2.45) is 0 Å². The first-order valence-corrected chi connectivity index (χ1v) is 7.43. The first kappa shape index (κ1) is 14.7. The van der Waals surface area contributed by atoms with E-state index in [1.54, 1.807) is 11.8 Å². The lowest BCUT2D eigenvalue weighted by Crippen LogP contribution is -2.25. The van der Waals surface area contributed by atoms with Crippen molar-refractivity contribution in [1.82, 2.24) is 34.6 Å². The van der Waals surface area contributed by atoms with Crippen molar-refractivity contribution in [3.8, 4) is 5.95 Å². The molecular formula is C11H18N8S. The second-order valence-electron chi connectivity index (χ2n) is 3.99. The Morgan fingerprint density at radius 1 is 1.25 bits per heavy atom.